The lowest BCUT2D eigenvalue weighted by atomic mass is 10.2. The first-order valence-corrected chi connectivity index (χ1v) is 5.82. The number of rotatable bonds is 4. The fourth-order valence-electron chi connectivity index (χ4n) is 1.68. The third kappa shape index (κ3) is 2.80. The highest BCUT2D eigenvalue weighted by Gasteiger charge is 2.01. The van der Waals surface area contributed by atoms with Crippen LogP contribution in [0.25, 0.3) is 0 Å². The zero-order valence-electron chi connectivity index (χ0n) is 10.2. The smallest absolute Gasteiger partial charge is 0.121 e. The van der Waals surface area contributed by atoms with E-state index >= 15 is 0 Å². The molecule has 90 valence electrons. The molecule has 0 aromatic heterocycles. The molecule has 3 heteroatoms. The zero-order chi connectivity index (χ0) is 12.8. The van der Waals surface area contributed by atoms with Gasteiger partial charge < -0.3 is 10.1 Å². The number of benzene rings is 2. The molecule has 2 aromatic rings. The van der Waals surface area contributed by atoms with Crippen LogP contribution in [-0.2, 0) is 0 Å². The molecule has 2 rings (SSSR count). The average molecular weight is 238 g/mol. The minimum atomic E-state index is 0.624. The predicted octanol–water partition coefficient (Wildman–Crippen LogP) is 3.70. The molecule has 0 spiro atoms. The Labute approximate surface area is 107 Å². The molecule has 0 atom stereocenters. The summed E-state index contributed by atoms with van der Waals surface area (Å²) in [6.07, 6.45) is 0. The number of nitriles is 1. The second-order valence-corrected chi connectivity index (χ2v) is 3.74. The fraction of sp³-hybridized carbons (Fsp3) is 0.133. The molecule has 0 bridgehead atoms. The van der Waals surface area contributed by atoms with Gasteiger partial charge in [0.05, 0.1) is 17.9 Å². The van der Waals surface area contributed by atoms with Crippen LogP contribution < -0.4 is 10.1 Å². The van der Waals surface area contributed by atoms with Crippen LogP contribution in [0.1, 0.15) is 12.5 Å². The van der Waals surface area contributed by atoms with Gasteiger partial charge in [-0.1, -0.05) is 18.2 Å². The van der Waals surface area contributed by atoms with Gasteiger partial charge in [0.25, 0.3) is 0 Å². The Bertz CT molecular complexity index is 573. The highest BCUT2D eigenvalue weighted by atomic mass is 16.5. The molecule has 1 N–H and O–H groups in total. The summed E-state index contributed by atoms with van der Waals surface area (Å²) in [5, 5.41) is 12.2. The summed E-state index contributed by atoms with van der Waals surface area (Å²) in [5.74, 6) is 0.817. The molecule has 3 nitrogen and oxygen atoms in total. The Morgan fingerprint density at radius 3 is 2.78 bits per heavy atom. The summed E-state index contributed by atoms with van der Waals surface area (Å²) in [5.41, 5.74) is 2.33. The molecule has 0 aliphatic carbocycles. The van der Waals surface area contributed by atoms with E-state index in [2.05, 4.69) is 11.4 Å². The molecule has 0 heterocycles. The Balaban J connectivity index is 2.23. The molecule has 0 fully saturated rings. The van der Waals surface area contributed by atoms with Gasteiger partial charge in [-0.25, -0.2) is 0 Å². The van der Waals surface area contributed by atoms with Crippen molar-refractivity contribution in [3.63, 3.8) is 0 Å². The highest BCUT2D eigenvalue weighted by Crippen LogP contribution is 2.23. The van der Waals surface area contributed by atoms with Crippen LogP contribution in [0.3, 0.4) is 0 Å². The van der Waals surface area contributed by atoms with E-state index in [1.807, 2.05) is 49.4 Å². The number of nitrogens with zero attached hydrogens (tertiary/aromatic N) is 1. The van der Waals surface area contributed by atoms with Gasteiger partial charge in [0, 0.05) is 11.8 Å². The third-order valence-electron chi connectivity index (χ3n) is 2.47. The topological polar surface area (TPSA) is 45.0 Å². The van der Waals surface area contributed by atoms with Crippen LogP contribution in [0.15, 0.2) is 48.5 Å². The zero-order valence-corrected chi connectivity index (χ0v) is 10.2. The van der Waals surface area contributed by atoms with E-state index in [0.717, 1.165) is 17.1 Å². The molecular formula is C15H14N2O. The first-order valence-electron chi connectivity index (χ1n) is 5.82. The van der Waals surface area contributed by atoms with E-state index in [9.17, 15) is 0 Å². The number of para-hydroxylation sites is 1. The lowest BCUT2D eigenvalue weighted by molar-refractivity contribution is 0.340. The van der Waals surface area contributed by atoms with Crippen molar-refractivity contribution >= 4 is 11.4 Å². The molecule has 0 saturated heterocycles. The van der Waals surface area contributed by atoms with E-state index < -0.39 is 0 Å². The highest BCUT2D eigenvalue weighted by molar-refractivity contribution is 5.67. The average Bonchev–Trinajstić information content (AvgIpc) is 2.40. The van der Waals surface area contributed by atoms with E-state index in [1.165, 1.54) is 0 Å². The first kappa shape index (κ1) is 12.0. The number of hydrogen-bond donors (Lipinski definition) is 1. The molecule has 2 aromatic carbocycles. The Morgan fingerprint density at radius 2 is 2.00 bits per heavy atom. The van der Waals surface area contributed by atoms with Crippen LogP contribution in [0.2, 0.25) is 0 Å². The van der Waals surface area contributed by atoms with Gasteiger partial charge in [-0.3, -0.25) is 0 Å². The number of hydrogen-bond acceptors (Lipinski definition) is 3. The van der Waals surface area contributed by atoms with Crippen LogP contribution in [0.5, 0.6) is 5.75 Å². The van der Waals surface area contributed by atoms with Gasteiger partial charge in [-0.2, -0.15) is 5.26 Å². The number of anilines is 2. The minimum Gasteiger partial charge on any atom is -0.494 e. The quantitative estimate of drug-likeness (QED) is 0.883. The molecule has 0 aliphatic rings. The van der Waals surface area contributed by atoms with Crippen LogP contribution in [0, 0.1) is 11.3 Å². The van der Waals surface area contributed by atoms with Crippen molar-refractivity contribution in [2.75, 3.05) is 11.9 Å². The summed E-state index contributed by atoms with van der Waals surface area (Å²) < 4.78 is 5.44. The monoisotopic (exact) mass is 238 g/mol. The van der Waals surface area contributed by atoms with Gasteiger partial charge in [0.15, 0.2) is 0 Å². The van der Waals surface area contributed by atoms with Crippen molar-refractivity contribution in [1.29, 1.82) is 5.26 Å². The first-order chi connectivity index (χ1) is 8.83. The summed E-state index contributed by atoms with van der Waals surface area (Å²) in [6.45, 7) is 2.59. The lowest BCUT2D eigenvalue weighted by Gasteiger charge is -2.09. The summed E-state index contributed by atoms with van der Waals surface area (Å²) in [4.78, 5) is 0. The van der Waals surface area contributed by atoms with Crippen molar-refractivity contribution in [3.8, 4) is 11.8 Å². The van der Waals surface area contributed by atoms with Crippen molar-refractivity contribution < 1.29 is 4.74 Å². The summed E-state index contributed by atoms with van der Waals surface area (Å²) >= 11 is 0. The van der Waals surface area contributed by atoms with Crippen molar-refractivity contribution in [1.82, 2.24) is 0 Å². The van der Waals surface area contributed by atoms with Crippen molar-refractivity contribution in [2.45, 2.75) is 6.92 Å². The molecule has 18 heavy (non-hydrogen) atoms. The van der Waals surface area contributed by atoms with Gasteiger partial charge >= 0.3 is 0 Å². The normalized spacial score (nSPS) is 9.56. The van der Waals surface area contributed by atoms with E-state index in [1.54, 1.807) is 6.07 Å². The maximum Gasteiger partial charge on any atom is 0.121 e. The van der Waals surface area contributed by atoms with Gasteiger partial charge in [-0.05, 0) is 31.2 Å². The maximum atomic E-state index is 9.02. The lowest BCUT2D eigenvalue weighted by Crippen LogP contribution is -1.95. The van der Waals surface area contributed by atoms with Crippen LogP contribution in [-0.4, -0.2) is 6.61 Å². The minimum absolute atomic E-state index is 0.624. The maximum absolute atomic E-state index is 9.02. The third-order valence-corrected chi connectivity index (χ3v) is 2.47. The Kier molecular flexibility index (Phi) is 3.83. The van der Waals surface area contributed by atoms with Gasteiger partial charge in [0.1, 0.15) is 11.8 Å². The molecule has 0 unspecified atom stereocenters. The fourth-order valence-corrected chi connectivity index (χ4v) is 1.68. The second-order valence-electron chi connectivity index (χ2n) is 3.74. The molecule has 0 amide bonds. The van der Waals surface area contributed by atoms with E-state index in [4.69, 9.17) is 10.00 Å². The summed E-state index contributed by atoms with van der Waals surface area (Å²) in [7, 11) is 0. The SMILES string of the molecule is CCOc1cccc(Nc2ccccc2C#N)c1. The second kappa shape index (κ2) is 5.74. The molecule has 0 saturated carbocycles. The van der Waals surface area contributed by atoms with Crippen LogP contribution >= 0.6 is 0 Å². The largest absolute Gasteiger partial charge is 0.494 e. The van der Waals surface area contributed by atoms with Crippen molar-refractivity contribution in [2.24, 2.45) is 0 Å². The standard InChI is InChI=1S/C15H14N2O/c1-2-18-14-8-5-7-13(10-14)17-15-9-4-3-6-12(15)11-16/h3-10,17H,2H2,1H3. The van der Waals surface area contributed by atoms with Gasteiger partial charge in [0.2, 0.25) is 0 Å². The number of ether oxygens (including phenoxy) is 1. The van der Waals surface area contributed by atoms with E-state index in [0.29, 0.717) is 12.2 Å². The number of nitrogens with one attached hydrogen (secondary N) is 1. The Morgan fingerprint density at radius 1 is 1.17 bits per heavy atom. The molecule has 0 radical (unpaired) electrons. The Hall–Kier alpha value is -2.47. The van der Waals surface area contributed by atoms with Gasteiger partial charge in [-0.15, -0.1) is 0 Å². The van der Waals surface area contributed by atoms with E-state index in [-0.39, 0.29) is 0 Å². The summed E-state index contributed by atoms with van der Waals surface area (Å²) in [6, 6.07) is 17.3. The van der Waals surface area contributed by atoms with Crippen molar-refractivity contribution in [3.05, 3.63) is 54.1 Å². The van der Waals surface area contributed by atoms with Crippen LogP contribution in [0.4, 0.5) is 11.4 Å². The molecule has 0 aliphatic heterocycles. The molecular weight excluding hydrogens is 224 g/mol. The predicted molar refractivity (Wildman–Crippen MR) is 72.1 cm³/mol.